The normalized spacial score (nSPS) is 18.4. The van der Waals surface area contributed by atoms with Crippen LogP contribution >= 0.6 is 11.6 Å². The summed E-state index contributed by atoms with van der Waals surface area (Å²) in [4.78, 5) is 13.6. The third-order valence-corrected chi connectivity index (χ3v) is 5.96. The Kier molecular flexibility index (Phi) is 5.55. The van der Waals surface area contributed by atoms with Crippen LogP contribution in [0.25, 0.3) is 0 Å². The summed E-state index contributed by atoms with van der Waals surface area (Å²) in [5, 5.41) is 0.716. The molecular formula is C26H23ClO2. The minimum atomic E-state index is -0.0149. The van der Waals surface area contributed by atoms with E-state index in [2.05, 4.69) is 12.1 Å². The Morgan fingerprint density at radius 3 is 2.38 bits per heavy atom. The van der Waals surface area contributed by atoms with Gasteiger partial charge < -0.3 is 4.74 Å². The van der Waals surface area contributed by atoms with Crippen molar-refractivity contribution in [2.45, 2.75) is 25.2 Å². The van der Waals surface area contributed by atoms with E-state index in [1.54, 1.807) is 7.11 Å². The lowest BCUT2D eigenvalue weighted by Gasteiger charge is -2.19. The van der Waals surface area contributed by atoms with Gasteiger partial charge in [0, 0.05) is 33.6 Å². The molecule has 3 heteroatoms. The number of aryl methyl sites for hydroxylation is 1. The fourth-order valence-electron chi connectivity index (χ4n) is 4.19. The zero-order valence-corrected chi connectivity index (χ0v) is 17.3. The molecule has 1 aliphatic carbocycles. The van der Waals surface area contributed by atoms with Gasteiger partial charge in [-0.25, -0.2) is 0 Å². The number of hydrogen-bond donors (Lipinski definition) is 0. The molecule has 0 fully saturated rings. The van der Waals surface area contributed by atoms with Crippen LogP contribution in [0.3, 0.4) is 0 Å². The lowest BCUT2D eigenvalue weighted by molar-refractivity contribution is 0.102. The van der Waals surface area contributed by atoms with Crippen LogP contribution in [0.2, 0.25) is 5.02 Å². The Morgan fingerprint density at radius 1 is 0.966 bits per heavy atom. The molecule has 0 bridgehead atoms. The Balaban J connectivity index is 1.79. The predicted octanol–water partition coefficient (Wildman–Crippen LogP) is 6.74. The summed E-state index contributed by atoms with van der Waals surface area (Å²) >= 11 is 6.07. The van der Waals surface area contributed by atoms with Crippen molar-refractivity contribution < 1.29 is 9.53 Å². The van der Waals surface area contributed by atoms with Gasteiger partial charge in [-0.1, -0.05) is 72.3 Å². The number of carbonyl (C=O) groups excluding carboxylic acids is 1. The van der Waals surface area contributed by atoms with Gasteiger partial charge in [0.1, 0.15) is 5.75 Å². The summed E-state index contributed by atoms with van der Waals surface area (Å²) in [6, 6.07) is 23.7. The van der Waals surface area contributed by atoms with Gasteiger partial charge >= 0.3 is 0 Å². The van der Waals surface area contributed by atoms with E-state index in [1.807, 2.05) is 73.7 Å². The van der Waals surface area contributed by atoms with Gasteiger partial charge in [-0.3, -0.25) is 4.79 Å². The van der Waals surface area contributed by atoms with E-state index in [0.717, 1.165) is 34.4 Å². The molecule has 0 saturated carbocycles. The fourth-order valence-corrected chi connectivity index (χ4v) is 4.32. The monoisotopic (exact) mass is 402 g/mol. The first kappa shape index (κ1) is 19.5. The topological polar surface area (TPSA) is 26.3 Å². The van der Waals surface area contributed by atoms with E-state index in [-0.39, 0.29) is 17.6 Å². The summed E-state index contributed by atoms with van der Waals surface area (Å²) in [6.07, 6.45) is 2.96. The molecular weight excluding hydrogens is 380 g/mol. The molecule has 3 aromatic rings. The van der Waals surface area contributed by atoms with Gasteiger partial charge in [-0.05, 0) is 42.7 Å². The van der Waals surface area contributed by atoms with E-state index in [0.29, 0.717) is 5.02 Å². The van der Waals surface area contributed by atoms with E-state index >= 15 is 0 Å². The molecule has 2 unspecified atom stereocenters. The molecule has 2 atom stereocenters. The van der Waals surface area contributed by atoms with Crippen molar-refractivity contribution in [1.29, 1.82) is 0 Å². The number of allylic oxidation sites excluding steroid dienone is 2. The SMILES string of the molecule is COc1ccccc1C1CC(c2ccc(Cl)cc2)C=C1C(=O)c1ccccc1C. The Labute approximate surface area is 176 Å². The molecule has 29 heavy (non-hydrogen) atoms. The standard InChI is InChI=1S/C26H23ClO2/c1-17-7-3-4-8-21(17)26(28)24-16-19(18-11-13-20(27)14-12-18)15-23(24)22-9-5-6-10-25(22)29-2/h3-14,16,19,23H,15H2,1-2H3. The van der Waals surface area contributed by atoms with Crippen LogP contribution in [-0.2, 0) is 0 Å². The second-order valence-corrected chi connectivity index (χ2v) is 7.89. The van der Waals surface area contributed by atoms with E-state index in [9.17, 15) is 4.79 Å². The molecule has 146 valence electrons. The summed E-state index contributed by atoms with van der Waals surface area (Å²) in [7, 11) is 1.68. The van der Waals surface area contributed by atoms with E-state index < -0.39 is 0 Å². The quantitative estimate of drug-likeness (QED) is 0.442. The average Bonchev–Trinajstić information content (AvgIpc) is 3.19. The molecule has 0 aliphatic heterocycles. The average molecular weight is 403 g/mol. The van der Waals surface area contributed by atoms with Gasteiger partial charge in [0.15, 0.2) is 5.78 Å². The highest BCUT2D eigenvalue weighted by atomic mass is 35.5. The minimum absolute atomic E-state index is 0.0149. The number of benzene rings is 3. The van der Waals surface area contributed by atoms with Gasteiger partial charge in [-0.15, -0.1) is 0 Å². The number of methoxy groups -OCH3 is 1. The number of Topliss-reactive ketones (excluding diaryl/α,β-unsaturated/α-hetero) is 1. The van der Waals surface area contributed by atoms with Gasteiger partial charge in [-0.2, -0.15) is 0 Å². The van der Waals surface area contributed by atoms with Gasteiger partial charge in [0.2, 0.25) is 0 Å². The maximum atomic E-state index is 13.6. The number of para-hydroxylation sites is 1. The first-order valence-electron chi connectivity index (χ1n) is 9.79. The molecule has 1 aliphatic rings. The molecule has 4 rings (SSSR count). The van der Waals surface area contributed by atoms with Gasteiger partial charge in [0.25, 0.3) is 0 Å². The first-order valence-corrected chi connectivity index (χ1v) is 10.2. The van der Waals surface area contributed by atoms with Crippen molar-refractivity contribution >= 4 is 17.4 Å². The minimum Gasteiger partial charge on any atom is -0.496 e. The molecule has 0 radical (unpaired) electrons. The van der Waals surface area contributed by atoms with Crippen LogP contribution in [0.5, 0.6) is 5.75 Å². The second kappa shape index (κ2) is 8.26. The zero-order chi connectivity index (χ0) is 20.4. The third-order valence-electron chi connectivity index (χ3n) is 5.71. The lowest BCUT2D eigenvalue weighted by atomic mass is 9.85. The maximum absolute atomic E-state index is 13.6. The van der Waals surface area contributed by atoms with Crippen molar-refractivity contribution in [3.8, 4) is 5.75 Å². The molecule has 0 spiro atoms. The molecule has 0 N–H and O–H groups in total. The summed E-state index contributed by atoms with van der Waals surface area (Å²) in [5.74, 6) is 1.05. The summed E-state index contributed by atoms with van der Waals surface area (Å²) < 4.78 is 5.62. The molecule has 0 heterocycles. The molecule has 0 aromatic heterocycles. The number of halogens is 1. The summed E-state index contributed by atoms with van der Waals surface area (Å²) in [5.41, 5.74) is 4.81. The van der Waals surface area contributed by atoms with Crippen LogP contribution in [0.1, 0.15) is 45.3 Å². The highest BCUT2D eigenvalue weighted by Gasteiger charge is 2.34. The van der Waals surface area contributed by atoms with Gasteiger partial charge in [0.05, 0.1) is 7.11 Å². The maximum Gasteiger partial charge on any atom is 0.189 e. The Morgan fingerprint density at radius 2 is 1.66 bits per heavy atom. The van der Waals surface area contributed by atoms with Crippen LogP contribution in [-0.4, -0.2) is 12.9 Å². The van der Waals surface area contributed by atoms with Crippen LogP contribution in [0.15, 0.2) is 84.4 Å². The number of ether oxygens (including phenoxy) is 1. The number of rotatable bonds is 5. The highest BCUT2D eigenvalue weighted by Crippen LogP contribution is 2.46. The second-order valence-electron chi connectivity index (χ2n) is 7.45. The molecule has 3 aromatic carbocycles. The van der Waals surface area contributed by atoms with Crippen LogP contribution in [0, 0.1) is 6.92 Å². The van der Waals surface area contributed by atoms with Crippen molar-refractivity contribution in [1.82, 2.24) is 0 Å². The summed E-state index contributed by atoms with van der Waals surface area (Å²) in [6.45, 7) is 1.98. The number of ketones is 1. The van der Waals surface area contributed by atoms with Crippen LogP contribution < -0.4 is 4.74 Å². The Bertz CT molecular complexity index is 1070. The molecule has 0 saturated heterocycles. The van der Waals surface area contributed by atoms with Crippen molar-refractivity contribution in [3.05, 3.63) is 112 Å². The fraction of sp³-hybridized carbons (Fsp3) is 0.192. The predicted molar refractivity (Wildman–Crippen MR) is 118 cm³/mol. The smallest absolute Gasteiger partial charge is 0.189 e. The third kappa shape index (κ3) is 3.86. The molecule has 2 nitrogen and oxygen atoms in total. The Hall–Kier alpha value is -2.84. The van der Waals surface area contributed by atoms with E-state index in [4.69, 9.17) is 16.3 Å². The van der Waals surface area contributed by atoms with Crippen LogP contribution in [0.4, 0.5) is 0 Å². The van der Waals surface area contributed by atoms with Crippen molar-refractivity contribution in [2.24, 2.45) is 0 Å². The zero-order valence-electron chi connectivity index (χ0n) is 16.6. The number of carbonyl (C=O) groups is 1. The lowest BCUT2D eigenvalue weighted by Crippen LogP contribution is -2.11. The highest BCUT2D eigenvalue weighted by molar-refractivity contribution is 6.30. The van der Waals surface area contributed by atoms with Crippen molar-refractivity contribution in [3.63, 3.8) is 0 Å². The van der Waals surface area contributed by atoms with Crippen molar-refractivity contribution in [2.75, 3.05) is 7.11 Å². The number of hydrogen-bond acceptors (Lipinski definition) is 2. The van der Waals surface area contributed by atoms with E-state index in [1.165, 1.54) is 5.56 Å². The molecule has 0 amide bonds. The first-order chi connectivity index (χ1) is 14.1. The largest absolute Gasteiger partial charge is 0.496 e.